The third-order valence-corrected chi connectivity index (χ3v) is 5.84. The van der Waals surface area contributed by atoms with Gasteiger partial charge in [-0.1, -0.05) is 52.4 Å². The van der Waals surface area contributed by atoms with E-state index in [1.54, 1.807) is 0 Å². The highest BCUT2D eigenvalue weighted by Crippen LogP contribution is 2.02. The number of carbonyl (C=O) groups excluding carboxylic acids is 1. The van der Waals surface area contributed by atoms with E-state index in [2.05, 4.69) is 13.8 Å². The molecule has 0 N–H and O–H groups in total. The zero-order valence-corrected chi connectivity index (χ0v) is 26.8. The first kappa shape index (κ1) is 41.1. The summed E-state index contributed by atoms with van der Waals surface area (Å²) >= 11 is 0. The van der Waals surface area contributed by atoms with Crippen molar-refractivity contribution in [2.75, 3.05) is 126 Å². The molecule has 0 bridgehead atoms. The van der Waals surface area contributed by atoms with Crippen molar-refractivity contribution in [2.24, 2.45) is 0 Å². The molecule has 0 fully saturated rings. The Hall–Kier alpha value is -0.890. The molecule has 42 heavy (non-hydrogen) atoms. The summed E-state index contributed by atoms with van der Waals surface area (Å²) in [6, 6.07) is 0. The molecule has 0 saturated heterocycles. The van der Waals surface area contributed by atoms with E-state index in [1.807, 2.05) is 0 Å². The Bertz CT molecular complexity index is 511. The van der Waals surface area contributed by atoms with E-state index in [9.17, 15) is 4.79 Å². The van der Waals surface area contributed by atoms with Crippen molar-refractivity contribution in [3.05, 3.63) is 0 Å². The smallest absolute Gasteiger partial charge is 0.305 e. The van der Waals surface area contributed by atoms with E-state index in [0.29, 0.717) is 119 Å². The van der Waals surface area contributed by atoms with E-state index in [1.165, 1.54) is 25.7 Å². The minimum Gasteiger partial charge on any atom is -0.463 e. The zero-order chi connectivity index (χ0) is 30.4. The molecule has 0 aliphatic carbocycles. The van der Waals surface area contributed by atoms with Crippen molar-refractivity contribution in [1.29, 1.82) is 0 Å². The highest BCUT2D eigenvalue weighted by molar-refractivity contribution is 5.69. The van der Waals surface area contributed by atoms with Gasteiger partial charge in [-0.3, -0.25) is 4.79 Å². The molecule has 0 unspecified atom stereocenters. The maximum absolute atomic E-state index is 11.4. The Morgan fingerprint density at radius 1 is 0.333 bits per heavy atom. The van der Waals surface area contributed by atoms with E-state index in [4.69, 9.17) is 47.4 Å². The molecule has 0 rings (SSSR count). The number of hydrogen-bond donors (Lipinski definition) is 0. The van der Waals surface area contributed by atoms with Crippen LogP contribution >= 0.6 is 0 Å². The lowest BCUT2D eigenvalue weighted by atomic mass is 10.2. The van der Waals surface area contributed by atoms with E-state index < -0.39 is 0 Å². The van der Waals surface area contributed by atoms with Crippen molar-refractivity contribution >= 4 is 5.97 Å². The van der Waals surface area contributed by atoms with Gasteiger partial charge in [0.05, 0.1) is 112 Å². The topological polar surface area (TPSA) is 109 Å². The van der Waals surface area contributed by atoms with Gasteiger partial charge in [0.1, 0.15) is 6.61 Å². The highest BCUT2D eigenvalue weighted by atomic mass is 16.6. The lowest BCUT2D eigenvalue weighted by Gasteiger charge is -2.09. The molecule has 0 heterocycles. The van der Waals surface area contributed by atoms with Crippen molar-refractivity contribution in [3.63, 3.8) is 0 Å². The molecule has 0 atom stereocenters. The fourth-order valence-electron chi connectivity index (χ4n) is 3.47. The van der Waals surface area contributed by atoms with Crippen LogP contribution in [0.3, 0.4) is 0 Å². The number of unbranched alkanes of at least 4 members (excludes halogenated alkanes) is 6. The average Bonchev–Trinajstić information content (AvgIpc) is 2.99. The van der Waals surface area contributed by atoms with Crippen molar-refractivity contribution in [3.8, 4) is 0 Å². The van der Waals surface area contributed by atoms with Gasteiger partial charge in [0.15, 0.2) is 0 Å². The Morgan fingerprint density at radius 3 is 0.976 bits per heavy atom. The Kier molecular flexibility index (Phi) is 37.3. The normalized spacial score (nSPS) is 11.4. The predicted octanol–water partition coefficient (Wildman–Crippen LogP) is 4.23. The van der Waals surface area contributed by atoms with Gasteiger partial charge in [0.2, 0.25) is 0 Å². The van der Waals surface area contributed by atoms with Gasteiger partial charge in [0, 0.05) is 13.0 Å². The monoisotopic (exact) mass is 610 g/mol. The van der Waals surface area contributed by atoms with Gasteiger partial charge in [-0.2, -0.15) is 0 Å². The fraction of sp³-hybridized carbons (Fsp3) is 0.968. The highest BCUT2D eigenvalue weighted by Gasteiger charge is 2.02. The van der Waals surface area contributed by atoms with Crippen LogP contribution in [-0.2, 0) is 52.2 Å². The molecule has 0 aromatic rings. The lowest BCUT2D eigenvalue weighted by molar-refractivity contribution is -0.145. The SMILES string of the molecule is CCCCCCCOCCOCCOCCOCCOCCOCCOCCOCCOCCOC(=O)CCCCC. The van der Waals surface area contributed by atoms with Gasteiger partial charge in [-0.05, 0) is 12.8 Å². The van der Waals surface area contributed by atoms with Crippen LogP contribution in [0.15, 0.2) is 0 Å². The lowest BCUT2D eigenvalue weighted by Crippen LogP contribution is -2.15. The van der Waals surface area contributed by atoms with Crippen LogP contribution in [0.5, 0.6) is 0 Å². The first-order valence-electron chi connectivity index (χ1n) is 16.2. The first-order valence-corrected chi connectivity index (χ1v) is 16.2. The molecule has 0 radical (unpaired) electrons. The summed E-state index contributed by atoms with van der Waals surface area (Å²) in [7, 11) is 0. The molecule has 0 aliphatic rings. The van der Waals surface area contributed by atoms with Crippen molar-refractivity contribution < 1.29 is 52.2 Å². The largest absolute Gasteiger partial charge is 0.463 e. The molecule has 252 valence electrons. The van der Waals surface area contributed by atoms with Crippen LogP contribution in [0.1, 0.15) is 71.6 Å². The standard InChI is InChI=1S/C31H62O11/c1-3-5-7-8-10-12-33-13-14-34-15-16-35-17-18-36-19-20-37-21-22-38-23-24-39-25-26-40-27-28-41-29-30-42-31(32)11-9-6-4-2/h3-30H2,1-2H3. The second kappa shape index (κ2) is 38.1. The molecule has 0 aromatic heterocycles. The summed E-state index contributed by atoms with van der Waals surface area (Å²) < 4.78 is 54.3. The quantitative estimate of drug-likeness (QED) is 0.0745. The van der Waals surface area contributed by atoms with Gasteiger partial charge in [-0.25, -0.2) is 0 Å². The third-order valence-electron chi connectivity index (χ3n) is 5.84. The maximum atomic E-state index is 11.4. The van der Waals surface area contributed by atoms with Gasteiger partial charge >= 0.3 is 5.97 Å². The minimum atomic E-state index is -0.155. The Balaban J connectivity index is 3.06. The first-order chi connectivity index (χ1) is 20.8. The number of carbonyl (C=O) groups is 1. The van der Waals surface area contributed by atoms with E-state index in [0.717, 1.165) is 32.3 Å². The van der Waals surface area contributed by atoms with E-state index >= 15 is 0 Å². The number of rotatable bonds is 37. The number of ether oxygens (including phenoxy) is 10. The van der Waals surface area contributed by atoms with Crippen molar-refractivity contribution in [1.82, 2.24) is 0 Å². The van der Waals surface area contributed by atoms with Crippen molar-refractivity contribution in [2.45, 2.75) is 71.6 Å². The Labute approximate surface area is 255 Å². The molecule has 0 amide bonds. The molecular weight excluding hydrogens is 548 g/mol. The predicted molar refractivity (Wildman–Crippen MR) is 161 cm³/mol. The molecular formula is C31H62O11. The van der Waals surface area contributed by atoms with Crippen LogP contribution in [-0.4, -0.2) is 132 Å². The zero-order valence-electron chi connectivity index (χ0n) is 26.8. The second-order valence-corrected chi connectivity index (χ2v) is 9.60. The van der Waals surface area contributed by atoms with Crippen LogP contribution in [0.2, 0.25) is 0 Å². The van der Waals surface area contributed by atoms with Crippen LogP contribution in [0.25, 0.3) is 0 Å². The van der Waals surface area contributed by atoms with Crippen LogP contribution in [0, 0.1) is 0 Å². The van der Waals surface area contributed by atoms with Gasteiger partial charge in [0.25, 0.3) is 0 Å². The average molecular weight is 611 g/mol. The molecule has 0 aromatic carbocycles. The van der Waals surface area contributed by atoms with Crippen LogP contribution < -0.4 is 0 Å². The number of esters is 1. The van der Waals surface area contributed by atoms with Crippen LogP contribution in [0.4, 0.5) is 0 Å². The molecule has 0 spiro atoms. The Morgan fingerprint density at radius 2 is 0.619 bits per heavy atom. The minimum absolute atomic E-state index is 0.155. The molecule has 11 nitrogen and oxygen atoms in total. The molecule has 0 aliphatic heterocycles. The van der Waals surface area contributed by atoms with Gasteiger partial charge in [-0.15, -0.1) is 0 Å². The molecule has 11 heteroatoms. The molecule has 0 saturated carbocycles. The number of hydrogen-bond acceptors (Lipinski definition) is 11. The summed E-state index contributed by atoms with van der Waals surface area (Å²) in [6.45, 7) is 14.3. The van der Waals surface area contributed by atoms with Gasteiger partial charge < -0.3 is 47.4 Å². The summed E-state index contributed by atoms with van der Waals surface area (Å²) in [5.74, 6) is -0.155. The summed E-state index contributed by atoms with van der Waals surface area (Å²) in [5.41, 5.74) is 0. The summed E-state index contributed by atoms with van der Waals surface area (Å²) in [4.78, 5) is 11.4. The third kappa shape index (κ3) is 37.1. The second-order valence-electron chi connectivity index (χ2n) is 9.60. The fourth-order valence-corrected chi connectivity index (χ4v) is 3.47. The maximum Gasteiger partial charge on any atom is 0.305 e. The van der Waals surface area contributed by atoms with E-state index in [-0.39, 0.29) is 12.6 Å². The summed E-state index contributed by atoms with van der Waals surface area (Å²) in [6.07, 6.45) is 9.79. The summed E-state index contributed by atoms with van der Waals surface area (Å²) in [5, 5.41) is 0.